The van der Waals surface area contributed by atoms with Crippen molar-refractivity contribution in [2.75, 3.05) is 0 Å². The molecule has 0 aliphatic heterocycles. The quantitative estimate of drug-likeness (QED) is 0.835. The van der Waals surface area contributed by atoms with Gasteiger partial charge in [-0.3, -0.25) is 0 Å². The minimum absolute atomic E-state index is 0.296. The van der Waals surface area contributed by atoms with Crippen molar-refractivity contribution in [1.82, 2.24) is 4.57 Å². The van der Waals surface area contributed by atoms with Crippen molar-refractivity contribution in [1.29, 1.82) is 0 Å². The molecule has 0 unspecified atom stereocenters. The van der Waals surface area contributed by atoms with Gasteiger partial charge in [0.2, 0.25) is 0 Å². The van der Waals surface area contributed by atoms with Crippen molar-refractivity contribution in [2.45, 2.75) is 25.9 Å². The Hall–Kier alpha value is -1.42. The molecule has 86 valence electrons. The molecular formula is C12H14F2N2. The fraction of sp³-hybridized carbons (Fsp3) is 0.333. The summed E-state index contributed by atoms with van der Waals surface area (Å²) in [5.74, 6) is -1.62. The van der Waals surface area contributed by atoms with Crippen LogP contribution < -0.4 is 5.73 Å². The summed E-state index contributed by atoms with van der Waals surface area (Å²) in [7, 11) is 0. The van der Waals surface area contributed by atoms with Crippen LogP contribution in [0.15, 0.2) is 24.4 Å². The summed E-state index contributed by atoms with van der Waals surface area (Å²) in [5.41, 5.74) is 6.17. The van der Waals surface area contributed by atoms with E-state index in [1.54, 1.807) is 18.3 Å². The highest BCUT2D eigenvalue weighted by atomic mass is 19.2. The fourth-order valence-electron chi connectivity index (χ4n) is 1.79. The summed E-state index contributed by atoms with van der Waals surface area (Å²) < 4.78 is 28.2. The number of fused-ring (bicyclic) bond motifs is 1. The number of nitrogens with two attached hydrogens (primary N) is 1. The second-order valence-corrected chi connectivity index (χ2v) is 4.73. The molecule has 16 heavy (non-hydrogen) atoms. The van der Waals surface area contributed by atoms with Crippen molar-refractivity contribution in [3.8, 4) is 0 Å². The van der Waals surface area contributed by atoms with E-state index in [0.717, 1.165) is 6.07 Å². The van der Waals surface area contributed by atoms with E-state index < -0.39 is 17.2 Å². The van der Waals surface area contributed by atoms with E-state index >= 15 is 0 Å². The molecule has 0 saturated heterocycles. The fourth-order valence-corrected chi connectivity index (χ4v) is 1.79. The first kappa shape index (κ1) is 11.1. The zero-order valence-electron chi connectivity index (χ0n) is 9.30. The van der Waals surface area contributed by atoms with Gasteiger partial charge in [0.25, 0.3) is 0 Å². The van der Waals surface area contributed by atoms with Crippen LogP contribution in [0.25, 0.3) is 10.9 Å². The molecule has 4 heteroatoms. The number of rotatable bonds is 2. The van der Waals surface area contributed by atoms with Gasteiger partial charge in [-0.1, -0.05) is 0 Å². The molecule has 0 fully saturated rings. The lowest BCUT2D eigenvalue weighted by molar-refractivity contribution is 0.441. The molecule has 0 bridgehead atoms. The van der Waals surface area contributed by atoms with Crippen molar-refractivity contribution in [2.24, 2.45) is 5.73 Å². The molecule has 2 rings (SSSR count). The Morgan fingerprint density at radius 3 is 2.56 bits per heavy atom. The second-order valence-electron chi connectivity index (χ2n) is 4.73. The van der Waals surface area contributed by atoms with Crippen LogP contribution in [0.1, 0.15) is 13.8 Å². The third-order valence-electron chi connectivity index (χ3n) is 2.42. The molecular weight excluding hydrogens is 210 g/mol. The van der Waals surface area contributed by atoms with E-state index in [1.807, 2.05) is 18.4 Å². The maximum absolute atomic E-state index is 13.4. The Balaban J connectivity index is 2.54. The Morgan fingerprint density at radius 2 is 1.94 bits per heavy atom. The third-order valence-corrected chi connectivity index (χ3v) is 2.42. The smallest absolute Gasteiger partial charge is 0.168 e. The number of nitrogens with zero attached hydrogens (tertiary/aromatic N) is 1. The molecule has 0 spiro atoms. The average molecular weight is 224 g/mol. The zero-order valence-corrected chi connectivity index (χ0v) is 9.30. The van der Waals surface area contributed by atoms with E-state index in [-0.39, 0.29) is 0 Å². The van der Waals surface area contributed by atoms with Crippen molar-refractivity contribution >= 4 is 10.9 Å². The van der Waals surface area contributed by atoms with Crippen molar-refractivity contribution < 1.29 is 8.78 Å². The minimum Gasteiger partial charge on any atom is -0.346 e. The molecule has 0 amide bonds. The van der Waals surface area contributed by atoms with Crippen LogP contribution in [0.3, 0.4) is 0 Å². The van der Waals surface area contributed by atoms with E-state index in [9.17, 15) is 8.78 Å². The summed E-state index contributed by atoms with van der Waals surface area (Å²) >= 11 is 0. The number of hydrogen-bond donors (Lipinski definition) is 1. The van der Waals surface area contributed by atoms with Crippen molar-refractivity contribution in [3.63, 3.8) is 0 Å². The SMILES string of the molecule is CC(C)(N)Cn1ccc2c(F)c(F)ccc21. The Morgan fingerprint density at radius 1 is 1.25 bits per heavy atom. The van der Waals surface area contributed by atoms with E-state index in [1.165, 1.54) is 0 Å². The summed E-state index contributed by atoms with van der Waals surface area (Å²) in [6.45, 7) is 4.33. The zero-order chi connectivity index (χ0) is 11.9. The molecule has 1 aromatic heterocycles. The van der Waals surface area contributed by atoms with Gasteiger partial charge in [0, 0.05) is 23.7 Å². The van der Waals surface area contributed by atoms with Gasteiger partial charge in [0.1, 0.15) is 0 Å². The molecule has 1 aromatic carbocycles. The van der Waals surface area contributed by atoms with Gasteiger partial charge >= 0.3 is 0 Å². The normalized spacial score (nSPS) is 12.3. The Bertz CT molecular complexity index is 524. The molecule has 0 saturated carbocycles. The van der Waals surface area contributed by atoms with Gasteiger partial charge in [0.05, 0.1) is 5.52 Å². The number of halogens is 2. The lowest BCUT2D eigenvalue weighted by Crippen LogP contribution is -2.36. The van der Waals surface area contributed by atoms with Crippen LogP contribution in [0.2, 0.25) is 0 Å². The van der Waals surface area contributed by atoms with Crippen LogP contribution in [0.5, 0.6) is 0 Å². The topological polar surface area (TPSA) is 30.9 Å². The summed E-state index contributed by atoms with van der Waals surface area (Å²) in [6.07, 6.45) is 1.72. The van der Waals surface area contributed by atoms with Gasteiger partial charge in [-0.25, -0.2) is 8.78 Å². The van der Waals surface area contributed by atoms with Crippen LogP contribution in [-0.2, 0) is 6.54 Å². The van der Waals surface area contributed by atoms with E-state index in [4.69, 9.17) is 5.73 Å². The predicted octanol–water partition coefficient (Wildman–Crippen LogP) is 2.66. The molecule has 0 atom stereocenters. The number of benzene rings is 1. The monoisotopic (exact) mass is 224 g/mol. The summed E-state index contributed by atoms with van der Waals surface area (Å²) in [4.78, 5) is 0. The lowest BCUT2D eigenvalue weighted by atomic mass is 10.1. The lowest BCUT2D eigenvalue weighted by Gasteiger charge is -2.20. The number of aromatic nitrogens is 1. The number of hydrogen-bond acceptors (Lipinski definition) is 1. The van der Waals surface area contributed by atoms with Crippen LogP contribution in [0.4, 0.5) is 8.78 Å². The van der Waals surface area contributed by atoms with Crippen LogP contribution in [-0.4, -0.2) is 10.1 Å². The molecule has 2 N–H and O–H groups in total. The molecule has 0 aliphatic carbocycles. The highest BCUT2D eigenvalue weighted by Gasteiger charge is 2.15. The first-order valence-electron chi connectivity index (χ1n) is 5.10. The van der Waals surface area contributed by atoms with Crippen LogP contribution >= 0.6 is 0 Å². The predicted molar refractivity (Wildman–Crippen MR) is 60.1 cm³/mol. The molecule has 2 aromatic rings. The van der Waals surface area contributed by atoms with Gasteiger partial charge < -0.3 is 10.3 Å². The van der Waals surface area contributed by atoms with Gasteiger partial charge in [0.15, 0.2) is 11.6 Å². The second kappa shape index (κ2) is 3.56. The third kappa shape index (κ3) is 1.93. The maximum Gasteiger partial charge on any atom is 0.168 e. The first-order valence-corrected chi connectivity index (χ1v) is 5.10. The molecule has 1 heterocycles. The highest BCUT2D eigenvalue weighted by molar-refractivity contribution is 5.80. The Labute approximate surface area is 92.7 Å². The minimum atomic E-state index is -0.822. The Kier molecular flexibility index (Phi) is 2.46. The van der Waals surface area contributed by atoms with Gasteiger partial charge in [-0.2, -0.15) is 0 Å². The molecule has 0 radical (unpaired) electrons. The summed E-state index contributed by atoms with van der Waals surface area (Å²) in [5, 5.41) is 0.296. The maximum atomic E-state index is 13.4. The highest BCUT2D eigenvalue weighted by Crippen LogP contribution is 2.22. The largest absolute Gasteiger partial charge is 0.346 e. The van der Waals surface area contributed by atoms with Gasteiger partial charge in [-0.15, -0.1) is 0 Å². The summed E-state index contributed by atoms with van der Waals surface area (Å²) in [6, 6.07) is 4.27. The molecule has 2 nitrogen and oxygen atoms in total. The van der Waals surface area contributed by atoms with Crippen LogP contribution in [0, 0.1) is 11.6 Å². The standard InChI is InChI=1S/C12H14F2N2/c1-12(2,15)7-16-6-5-8-10(16)4-3-9(13)11(8)14/h3-6H,7,15H2,1-2H3. The van der Waals surface area contributed by atoms with E-state index in [0.29, 0.717) is 17.4 Å². The van der Waals surface area contributed by atoms with Gasteiger partial charge in [-0.05, 0) is 32.0 Å². The van der Waals surface area contributed by atoms with Crippen molar-refractivity contribution in [3.05, 3.63) is 36.0 Å². The van der Waals surface area contributed by atoms with E-state index in [2.05, 4.69) is 0 Å². The molecule has 0 aliphatic rings. The average Bonchev–Trinajstić information content (AvgIpc) is 2.53. The first-order chi connectivity index (χ1) is 7.38.